The molecule has 5 atom stereocenters. The smallest absolute Gasteiger partial charge is 0.550 e. The summed E-state index contributed by atoms with van der Waals surface area (Å²) < 4.78 is 0. The van der Waals surface area contributed by atoms with E-state index in [4.69, 9.17) is 22.9 Å². The first-order valence-corrected chi connectivity index (χ1v) is 27.5. The minimum Gasteiger partial charge on any atom is -0.550 e. The molecule has 398 valence electrons. The van der Waals surface area contributed by atoms with Gasteiger partial charge in [-0.25, -0.2) is 0 Å². The molecule has 0 aliphatic carbocycles. The van der Waals surface area contributed by atoms with Crippen molar-refractivity contribution >= 4 is 35.6 Å². The third-order valence-corrected chi connectivity index (χ3v) is 13.3. The predicted octanol–water partition coefficient (Wildman–Crippen LogP) is 1.69. The second-order valence-corrected chi connectivity index (χ2v) is 19.6. The van der Waals surface area contributed by atoms with Gasteiger partial charge in [0, 0.05) is 18.9 Å². The van der Waals surface area contributed by atoms with Crippen molar-refractivity contribution in [2.24, 2.45) is 27.9 Å². The molecule has 0 bridgehead atoms. The van der Waals surface area contributed by atoms with E-state index in [2.05, 4.69) is 54.0 Å². The molecule has 0 saturated heterocycles. The molecule has 0 aromatic rings. The Labute approximate surface area is 442 Å². The fraction of sp³-hybridized carbons (Fsp3) is 0.885. The number of nitrogens with zero attached hydrogens (tertiary/aromatic N) is 1. The van der Waals surface area contributed by atoms with Crippen LogP contribution in [0.4, 0.5) is 0 Å². The van der Waals surface area contributed by atoms with Crippen molar-refractivity contribution in [3.63, 3.8) is 0 Å². The number of rotatable bonds is 48. The Hall–Kier alpha value is -2.50. The number of aliphatic imine (C=N–C) groups is 1. The number of hydrogen-bond donors (Lipinski definition) is 9. The maximum atomic E-state index is 13.8. The van der Waals surface area contributed by atoms with Crippen molar-refractivity contribution in [1.29, 1.82) is 0 Å². The monoisotopic (exact) mass is 988 g/mol. The van der Waals surface area contributed by atoms with Gasteiger partial charge in [-0.2, -0.15) is 0 Å². The molecular weight excluding hydrogens is 884 g/mol. The van der Waals surface area contributed by atoms with Gasteiger partial charge in [-0.15, -0.1) is 0 Å². The number of guanidine groups is 1. The van der Waals surface area contributed by atoms with E-state index in [-0.39, 0.29) is 60.8 Å². The van der Waals surface area contributed by atoms with Crippen molar-refractivity contribution in [2.75, 3.05) is 32.7 Å². The molecule has 17 heteroatoms. The molecule has 5 unspecified atom stereocenters. The van der Waals surface area contributed by atoms with E-state index < -0.39 is 54.8 Å². The van der Waals surface area contributed by atoms with Gasteiger partial charge in [0.2, 0.25) is 23.6 Å². The van der Waals surface area contributed by atoms with Crippen LogP contribution in [0.1, 0.15) is 233 Å². The second-order valence-electron chi connectivity index (χ2n) is 19.6. The molecule has 0 spiro atoms. The predicted molar refractivity (Wildman–Crippen MR) is 276 cm³/mol. The van der Waals surface area contributed by atoms with Crippen molar-refractivity contribution in [3.8, 4) is 0 Å². The summed E-state index contributed by atoms with van der Waals surface area (Å²) in [6.45, 7) is 10.5. The fourth-order valence-corrected chi connectivity index (χ4v) is 8.99. The van der Waals surface area contributed by atoms with Gasteiger partial charge >= 0.3 is 29.6 Å². The summed E-state index contributed by atoms with van der Waals surface area (Å²) in [5.74, 6) is -4.29. The Morgan fingerprint density at radius 2 is 1.00 bits per heavy atom. The number of carbonyl (C=O) groups is 5. The van der Waals surface area contributed by atoms with Crippen molar-refractivity contribution in [1.82, 2.24) is 21.3 Å². The minimum atomic E-state index is -1.57. The number of aliphatic carboxylic acids is 1. The number of quaternary nitrogens is 1. The van der Waals surface area contributed by atoms with Gasteiger partial charge in [-0.1, -0.05) is 155 Å². The van der Waals surface area contributed by atoms with E-state index >= 15 is 0 Å². The van der Waals surface area contributed by atoms with Crippen LogP contribution in [0, 0.1) is 0 Å². The number of carboxylic acid groups (broad SMARTS) is 1. The van der Waals surface area contributed by atoms with E-state index in [1.54, 1.807) is 0 Å². The van der Waals surface area contributed by atoms with Crippen molar-refractivity contribution in [3.05, 3.63) is 0 Å². The minimum absolute atomic E-state index is 0. The molecule has 0 heterocycles. The zero-order valence-electron chi connectivity index (χ0n) is 44.8. The average molecular weight is 988 g/mol. The van der Waals surface area contributed by atoms with Gasteiger partial charge in [-0.05, 0) is 78.2 Å². The Kier molecular flexibility index (Phi) is 47.5. The van der Waals surface area contributed by atoms with Gasteiger partial charge in [0.15, 0.2) is 5.96 Å². The van der Waals surface area contributed by atoms with Crippen LogP contribution in [0.2, 0.25) is 0 Å². The Morgan fingerprint density at radius 1 is 0.551 bits per heavy atom. The molecule has 13 N–H and O–H groups in total. The first kappa shape index (κ1) is 68.6. The molecule has 0 saturated carbocycles. The number of carboxylic acids is 1. The maximum Gasteiger partial charge on any atom is 1.00 e. The number of hydrogen-bond acceptors (Lipinski definition) is 9. The first-order valence-electron chi connectivity index (χ1n) is 27.5. The maximum absolute atomic E-state index is 13.8. The third kappa shape index (κ3) is 40.8. The number of amides is 4. The summed E-state index contributed by atoms with van der Waals surface area (Å²) in [6, 6.07) is -2.62. The average Bonchev–Trinajstić information content (AvgIpc) is 3.30. The SMILES string of the molecule is CCCCCCCCCCCCCCC(C)[NH+](CCNC(=O)C(CCCCN)NC(=O)C(CC(=O)[O-])NC(=O)CNC(=O)C(N)CCCN=C(N)N)C(C)CCCCCCCCCCCCCC.[Na+]. The van der Waals surface area contributed by atoms with E-state index in [9.17, 15) is 29.1 Å². The van der Waals surface area contributed by atoms with Crippen LogP contribution in [0.3, 0.4) is 0 Å². The van der Waals surface area contributed by atoms with Crippen molar-refractivity contribution in [2.45, 2.75) is 263 Å². The molecular formula is C52H104N10NaO6+. The summed E-state index contributed by atoms with van der Waals surface area (Å²) >= 11 is 0. The van der Waals surface area contributed by atoms with Crippen LogP contribution in [0.5, 0.6) is 0 Å². The van der Waals surface area contributed by atoms with Crippen LogP contribution in [-0.2, 0) is 24.0 Å². The Morgan fingerprint density at radius 3 is 1.43 bits per heavy atom. The standard InChI is InChI=1S/C52H104N10O6.Na/c1-5-7-9-11-13-15-17-19-21-23-25-27-32-42(3)62(43(4)33-28-26-24-22-20-18-16-14-12-10-8-6-2)39-38-57-50(67)45(35-29-30-36-53)61-51(68)46(40-48(64)65)60-47(63)41-59-49(66)44(54)34-31-37-58-52(55)56;/h42-46H,5-41,53-54H2,1-4H3,(H,57,67)(H,59,66)(H,60,63)(H,61,68)(H,64,65)(H4,55,56,58);/q;+1. The quantitative estimate of drug-likeness (QED) is 0.0184. The van der Waals surface area contributed by atoms with E-state index in [1.807, 2.05) is 0 Å². The van der Waals surface area contributed by atoms with E-state index in [0.29, 0.717) is 44.4 Å². The summed E-state index contributed by atoms with van der Waals surface area (Å²) in [5, 5.41) is 22.2. The van der Waals surface area contributed by atoms with Crippen LogP contribution >= 0.6 is 0 Å². The van der Waals surface area contributed by atoms with Gasteiger partial charge in [0.05, 0.1) is 37.8 Å². The Bertz CT molecular complexity index is 1290. The number of nitrogens with one attached hydrogen (secondary N) is 5. The molecule has 0 aromatic carbocycles. The molecule has 4 amide bonds. The van der Waals surface area contributed by atoms with Crippen LogP contribution in [-0.4, -0.2) is 98.5 Å². The molecule has 0 rings (SSSR count). The van der Waals surface area contributed by atoms with Gasteiger partial charge in [-0.3, -0.25) is 24.2 Å². The van der Waals surface area contributed by atoms with E-state index in [1.165, 1.54) is 159 Å². The fourth-order valence-electron chi connectivity index (χ4n) is 8.99. The van der Waals surface area contributed by atoms with Crippen LogP contribution in [0.15, 0.2) is 4.99 Å². The summed E-state index contributed by atoms with van der Waals surface area (Å²) in [5.41, 5.74) is 22.3. The number of unbranched alkanes of at least 4 members (excludes halogenated alkanes) is 23. The molecule has 0 aliphatic heterocycles. The molecule has 69 heavy (non-hydrogen) atoms. The molecule has 0 aliphatic rings. The second kappa shape index (κ2) is 47.8. The zero-order valence-corrected chi connectivity index (χ0v) is 46.8. The van der Waals surface area contributed by atoms with E-state index in [0.717, 1.165) is 19.4 Å². The normalized spacial score (nSPS) is 13.8. The number of carbonyl (C=O) groups excluding carboxylic acids is 5. The zero-order chi connectivity index (χ0) is 50.6. The summed E-state index contributed by atoms with van der Waals surface area (Å²) in [6.07, 6.45) is 35.2. The van der Waals surface area contributed by atoms with Crippen molar-refractivity contribution < 1.29 is 63.5 Å². The topological polar surface area (TPSA) is 277 Å². The molecule has 16 nitrogen and oxygen atoms in total. The third-order valence-electron chi connectivity index (χ3n) is 13.3. The molecule has 0 aromatic heterocycles. The molecule has 0 radical (unpaired) electrons. The summed E-state index contributed by atoms with van der Waals surface area (Å²) in [4.78, 5) is 69.5. The number of nitrogens with two attached hydrogens (primary N) is 4. The Balaban J connectivity index is 0. The van der Waals surface area contributed by atoms with Crippen LogP contribution in [0.25, 0.3) is 0 Å². The van der Waals surface area contributed by atoms with Gasteiger partial charge < -0.3 is 59.0 Å². The van der Waals surface area contributed by atoms with Crippen LogP contribution < -0.4 is 83.8 Å². The molecule has 0 fully saturated rings. The largest absolute Gasteiger partial charge is 1.00 e. The first-order chi connectivity index (χ1) is 32.8. The van der Waals surface area contributed by atoms with Gasteiger partial charge in [0.25, 0.3) is 0 Å². The van der Waals surface area contributed by atoms with Gasteiger partial charge in [0.1, 0.15) is 12.1 Å². The summed E-state index contributed by atoms with van der Waals surface area (Å²) in [7, 11) is 0.